The molecule has 164 valence electrons. The number of nitrogens with zero attached hydrogens (tertiary/aromatic N) is 4. The number of rotatable bonds is 5. The zero-order valence-corrected chi connectivity index (χ0v) is 16.9. The molecule has 0 saturated carbocycles. The number of carbonyl (C=O) groups is 1. The Balaban J connectivity index is 1.78. The summed E-state index contributed by atoms with van der Waals surface area (Å²) in [5, 5.41) is 16.4. The van der Waals surface area contributed by atoms with Crippen molar-refractivity contribution in [1.29, 1.82) is 0 Å². The first-order valence-corrected chi connectivity index (χ1v) is 9.67. The third-order valence-electron chi connectivity index (χ3n) is 5.27. The van der Waals surface area contributed by atoms with Gasteiger partial charge in [-0.05, 0) is 51.6 Å². The van der Waals surface area contributed by atoms with Crippen LogP contribution < -0.4 is 10.1 Å². The van der Waals surface area contributed by atoms with Gasteiger partial charge >= 0.3 is 6.18 Å². The predicted molar refractivity (Wildman–Crippen MR) is 106 cm³/mol. The summed E-state index contributed by atoms with van der Waals surface area (Å²) < 4.78 is 49.5. The smallest absolute Gasteiger partial charge is 0.416 e. The van der Waals surface area contributed by atoms with Gasteiger partial charge in [0.2, 0.25) is 0 Å². The minimum atomic E-state index is -4.59. The highest BCUT2D eigenvalue weighted by Gasteiger charge is 2.32. The first-order chi connectivity index (χ1) is 14.8. The highest BCUT2D eigenvalue weighted by Crippen LogP contribution is 2.40. The van der Waals surface area contributed by atoms with E-state index in [1.165, 1.54) is 6.07 Å². The molecule has 0 unspecified atom stereocenters. The van der Waals surface area contributed by atoms with Crippen molar-refractivity contribution in [2.45, 2.75) is 32.0 Å². The number of piperidine rings is 1. The second-order valence-corrected chi connectivity index (χ2v) is 7.54. The number of likely N-dealkylation sites (N-methyl/N-ethyl adjacent to an activating group) is 1. The Morgan fingerprint density at radius 1 is 1.32 bits per heavy atom. The van der Waals surface area contributed by atoms with Crippen LogP contribution >= 0.6 is 0 Å². The molecule has 1 N–H and O–H groups in total. The molecule has 31 heavy (non-hydrogen) atoms. The third-order valence-corrected chi connectivity index (χ3v) is 5.27. The lowest BCUT2D eigenvalue weighted by Crippen LogP contribution is -2.40. The molecule has 1 aliphatic rings. The number of halogens is 3. The maximum Gasteiger partial charge on any atom is 0.416 e. The zero-order chi connectivity index (χ0) is 22.2. The Labute approximate surface area is 175 Å². The average Bonchev–Trinajstić information content (AvgIpc) is 3.10. The molecule has 0 amide bonds. The normalized spacial score (nSPS) is 17.6. The highest BCUT2D eigenvalue weighted by atomic mass is 19.4. The van der Waals surface area contributed by atoms with Crippen LogP contribution in [-0.4, -0.2) is 52.9 Å². The number of aryl methyl sites for hydroxylation is 1. The van der Waals surface area contributed by atoms with E-state index in [2.05, 4.69) is 25.6 Å². The summed E-state index contributed by atoms with van der Waals surface area (Å²) in [5.41, 5.74) is 0.119. The lowest BCUT2D eigenvalue weighted by Gasteiger charge is -2.30. The number of carbonyl (C=O) groups excluding carboxylic acids is 1. The van der Waals surface area contributed by atoms with Gasteiger partial charge in [0, 0.05) is 18.2 Å². The van der Waals surface area contributed by atoms with Gasteiger partial charge in [-0.15, -0.1) is 10.2 Å². The summed E-state index contributed by atoms with van der Waals surface area (Å²) in [6, 6.07) is 2.96. The minimum absolute atomic E-state index is 0.0603. The second kappa shape index (κ2) is 8.14. The van der Waals surface area contributed by atoms with E-state index < -0.39 is 11.7 Å². The largest absolute Gasteiger partial charge is 0.428 e. The van der Waals surface area contributed by atoms with Gasteiger partial charge in [-0.3, -0.25) is 4.79 Å². The van der Waals surface area contributed by atoms with E-state index in [0.717, 1.165) is 38.1 Å². The molecule has 4 rings (SSSR count). The number of nitrogens with one attached hydrogen (secondary N) is 1. The molecule has 2 aromatic heterocycles. The summed E-state index contributed by atoms with van der Waals surface area (Å²) in [6.07, 6.45) is -2.58. The molecule has 0 radical (unpaired) electrons. The van der Waals surface area contributed by atoms with E-state index in [4.69, 9.17) is 9.26 Å². The molecular formula is C20H20F3N5O3. The van der Waals surface area contributed by atoms with Crippen LogP contribution in [0.1, 0.15) is 24.1 Å². The quantitative estimate of drug-likeness (QED) is 0.607. The summed E-state index contributed by atoms with van der Waals surface area (Å²) >= 11 is 0. The number of benzene rings is 1. The molecule has 1 aromatic carbocycles. The van der Waals surface area contributed by atoms with Gasteiger partial charge in [-0.1, -0.05) is 5.16 Å². The predicted octanol–water partition coefficient (Wildman–Crippen LogP) is 3.65. The average molecular weight is 435 g/mol. The van der Waals surface area contributed by atoms with Crippen LogP contribution in [0.3, 0.4) is 0 Å². The first-order valence-electron chi connectivity index (χ1n) is 9.67. The number of alkyl halides is 3. The molecule has 3 heterocycles. The monoisotopic (exact) mass is 435 g/mol. The molecule has 1 atom stereocenters. The van der Waals surface area contributed by atoms with E-state index in [1.54, 1.807) is 6.92 Å². The molecule has 0 aliphatic carbocycles. The van der Waals surface area contributed by atoms with Gasteiger partial charge in [-0.25, -0.2) is 0 Å². The van der Waals surface area contributed by atoms with E-state index in [-0.39, 0.29) is 35.1 Å². The van der Waals surface area contributed by atoms with Crippen molar-refractivity contribution < 1.29 is 27.2 Å². The summed E-state index contributed by atoms with van der Waals surface area (Å²) in [6.45, 7) is 3.67. The maximum absolute atomic E-state index is 13.1. The Hall–Kier alpha value is -3.21. The number of aromatic nitrogens is 3. The minimum Gasteiger partial charge on any atom is -0.428 e. The van der Waals surface area contributed by atoms with Crippen LogP contribution in [0.2, 0.25) is 0 Å². The van der Waals surface area contributed by atoms with Gasteiger partial charge < -0.3 is 19.5 Å². The Kier molecular flexibility index (Phi) is 5.52. The summed E-state index contributed by atoms with van der Waals surface area (Å²) in [7, 11) is 2.04. The third kappa shape index (κ3) is 4.18. The Morgan fingerprint density at radius 2 is 2.13 bits per heavy atom. The number of ether oxygens (including phenoxy) is 1. The van der Waals surface area contributed by atoms with Gasteiger partial charge in [0.25, 0.3) is 6.47 Å². The van der Waals surface area contributed by atoms with E-state index in [1.807, 2.05) is 7.05 Å². The molecule has 0 spiro atoms. The number of anilines is 1. The van der Waals surface area contributed by atoms with Crippen LogP contribution in [0.5, 0.6) is 5.75 Å². The van der Waals surface area contributed by atoms with Gasteiger partial charge in [0.1, 0.15) is 11.4 Å². The van der Waals surface area contributed by atoms with E-state index in [9.17, 15) is 18.0 Å². The van der Waals surface area contributed by atoms with Crippen molar-refractivity contribution in [1.82, 2.24) is 20.3 Å². The fourth-order valence-electron chi connectivity index (χ4n) is 3.80. The summed E-state index contributed by atoms with van der Waals surface area (Å²) in [4.78, 5) is 13.1. The molecular weight excluding hydrogens is 415 g/mol. The van der Waals surface area contributed by atoms with E-state index >= 15 is 0 Å². The topological polar surface area (TPSA) is 93.4 Å². The SMILES string of the molecule is Cc1noc2c(-c3ccc(C(F)(F)F)cc3OC=O)nnc(N[C@@H]3CCCN(C)C3)c12. The zero-order valence-electron chi connectivity index (χ0n) is 16.9. The van der Waals surface area contributed by atoms with Crippen LogP contribution in [0.4, 0.5) is 19.0 Å². The molecule has 8 nitrogen and oxygen atoms in total. The molecule has 1 aliphatic heterocycles. The second-order valence-electron chi connectivity index (χ2n) is 7.54. The fraction of sp³-hybridized carbons (Fsp3) is 0.400. The molecule has 11 heteroatoms. The molecule has 3 aromatic rings. The number of fused-ring (bicyclic) bond motifs is 1. The number of likely N-dealkylation sites (tertiary alicyclic amines) is 1. The van der Waals surface area contributed by atoms with Crippen molar-refractivity contribution in [3.8, 4) is 17.0 Å². The Bertz CT molecular complexity index is 1120. The lowest BCUT2D eigenvalue weighted by molar-refractivity contribution is -0.138. The van der Waals surface area contributed by atoms with Crippen LogP contribution in [0.25, 0.3) is 22.2 Å². The molecule has 0 bridgehead atoms. The number of hydrogen-bond donors (Lipinski definition) is 1. The van der Waals surface area contributed by atoms with Gasteiger partial charge in [0.05, 0.1) is 16.6 Å². The molecule has 1 fully saturated rings. The highest BCUT2D eigenvalue weighted by molar-refractivity contribution is 5.98. The van der Waals surface area contributed by atoms with Crippen LogP contribution in [0.15, 0.2) is 22.7 Å². The summed E-state index contributed by atoms with van der Waals surface area (Å²) in [5.74, 6) is 0.187. The Morgan fingerprint density at radius 3 is 2.84 bits per heavy atom. The van der Waals surface area contributed by atoms with Crippen molar-refractivity contribution in [2.24, 2.45) is 0 Å². The first kappa shape index (κ1) is 21.0. The lowest BCUT2D eigenvalue weighted by atomic mass is 10.0. The van der Waals surface area contributed by atoms with Crippen molar-refractivity contribution in [3.05, 3.63) is 29.5 Å². The van der Waals surface area contributed by atoms with Crippen molar-refractivity contribution in [3.63, 3.8) is 0 Å². The maximum atomic E-state index is 13.1. The fourth-order valence-corrected chi connectivity index (χ4v) is 3.80. The van der Waals surface area contributed by atoms with Crippen molar-refractivity contribution in [2.75, 3.05) is 25.5 Å². The standard InChI is InChI=1S/C20H20F3N5O3/c1-11-16-18(31-27-11)17(25-26-19(16)24-13-4-3-7-28(2)9-13)14-6-5-12(20(21,22)23)8-15(14)30-10-29/h5-6,8,10,13H,3-4,7,9H2,1-2H3,(H,24,26)/t13-/m1/s1. The van der Waals surface area contributed by atoms with E-state index in [0.29, 0.717) is 16.9 Å². The van der Waals surface area contributed by atoms with Crippen LogP contribution in [0, 0.1) is 6.92 Å². The van der Waals surface area contributed by atoms with Gasteiger partial charge in [0.15, 0.2) is 11.4 Å². The number of hydrogen-bond acceptors (Lipinski definition) is 8. The van der Waals surface area contributed by atoms with Crippen molar-refractivity contribution >= 4 is 23.3 Å². The molecule has 1 saturated heterocycles. The van der Waals surface area contributed by atoms with Gasteiger partial charge in [-0.2, -0.15) is 13.2 Å². The van der Waals surface area contributed by atoms with Crippen LogP contribution in [-0.2, 0) is 11.0 Å².